The van der Waals surface area contributed by atoms with Gasteiger partial charge in [0.15, 0.2) is 0 Å². The molecule has 2 N–H and O–H groups in total. The van der Waals surface area contributed by atoms with E-state index in [2.05, 4.69) is 20.2 Å². The number of anilines is 1. The molecule has 0 spiro atoms. The van der Waals surface area contributed by atoms with Crippen molar-refractivity contribution in [3.63, 3.8) is 0 Å². The van der Waals surface area contributed by atoms with Crippen LogP contribution in [0.25, 0.3) is 0 Å². The molecule has 1 fully saturated rings. The van der Waals surface area contributed by atoms with E-state index in [1.54, 1.807) is 19.2 Å². The number of aliphatic hydroxyl groups excluding tert-OH is 1. The van der Waals surface area contributed by atoms with Crippen molar-refractivity contribution in [2.45, 2.75) is 32.3 Å². The summed E-state index contributed by atoms with van der Waals surface area (Å²) in [6.07, 6.45) is 4.16. The number of rotatable bonds is 5. The largest absolute Gasteiger partial charge is 0.393 e. The highest BCUT2D eigenvalue weighted by Gasteiger charge is 2.16. The van der Waals surface area contributed by atoms with Crippen LogP contribution in [-0.2, 0) is 6.42 Å². The van der Waals surface area contributed by atoms with Gasteiger partial charge in [0.25, 0.3) is 5.91 Å². The lowest BCUT2D eigenvalue weighted by Gasteiger charge is -2.29. The van der Waals surface area contributed by atoms with Gasteiger partial charge in [-0.1, -0.05) is 12.1 Å². The quantitative estimate of drug-likeness (QED) is 0.871. The van der Waals surface area contributed by atoms with E-state index in [-0.39, 0.29) is 12.0 Å². The molecule has 0 atom stereocenters. The minimum absolute atomic E-state index is 0.127. The van der Waals surface area contributed by atoms with Gasteiger partial charge in [-0.15, -0.1) is 0 Å². The van der Waals surface area contributed by atoms with Crippen LogP contribution in [0.2, 0.25) is 0 Å². The Morgan fingerprint density at radius 3 is 2.64 bits per heavy atom. The number of aryl methyl sites for hydroxylation is 1. The number of nitrogens with zero attached hydrogens (tertiary/aromatic N) is 3. The molecule has 2 aromatic rings. The van der Waals surface area contributed by atoms with Crippen molar-refractivity contribution in [2.75, 3.05) is 25.0 Å². The zero-order valence-corrected chi connectivity index (χ0v) is 14.5. The molecule has 6 nitrogen and oxygen atoms in total. The summed E-state index contributed by atoms with van der Waals surface area (Å²) in [5.74, 6) is 0.346. The second-order valence-electron chi connectivity index (χ2n) is 6.46. The lowest BCUT2D eigenvalue weighted by atomic mass is 10.1. The number of piperidine rings is 1. The summed E-state index contributed by atoms with van der Waals surface area (Å²) in [6.45, 7) is 4.69. The van der Waals surface area contributed by atoms with Crippen molar-refractivity contribution in [3.05, 3.63) is 53.6 Å². The smallest absolute Gasteiger partial charge is 0.274 e. The van der Waals surface area contributed by atoms with Crippen LogP contribution in [0.15, 0.2) is 36.5 Å². The van der Waals surface area contributed by atoms with Gasteiger partial charge in [0, 0.05) is 31.5 Å². The molecule has 132 valence electrons. The van der Waals surface area contributed by atoms with Crippen LogP contribution in [0.4, 0.5) is 5.69 Å². The van der Waals surface area contributed by atoms with Crippen LogP contribution in [-0.4, -0.2) is 51.6 Å². The number of aliphatic hydroxyl groups is 1. The first-order chi connectivity index (χ1) is 12.1. The third-order valence-corrected chi connectivity index (χ3v) is 4.49. The maximum Gasteiger partial charge on any atom is 0.274 e. The Kier molecular flexibility index (Phi) is 5.73. The molecule has 1 amide bonds. The minimum atomic E-state index is -0.231. The van der Waals surface area contributed by atoms with Crippen LogP contribution >= 0.6 is 0 Å². The Balaban J connectivity index is 1.51. The maximum absolute atomic E-state index is 12.2. The lowest BCUT2D eigenvalue weighted by Crippen LogP contribution is -2.37. The Hall–Kier alpha value is -2.31. The predicted molar refractivity (Wildman–Crippen MR) is 96.5 cm³/mol. The first-order valence-electron chi connectivity index (χ1n) is 8.70. The molecule has 3 rings (SSSR count). The van der Waals surface area contributed by atoms with Crippen molar-refractivity contribution >= 4 is 11.6 Å². The normalized spacial score (nSPS) is 15.9. The molecule has 0 unspecified atom stereocenters. The molecule has 1 aromatic carbocycles. The van der Waals surface area contributed by atoms with Crippen molar-refractivity contribution < 1.29 is 9.90 Å². The number of nitrogens with one attached hydrogen (secondary N) is 1. The molecule has 0 radical (unpaired) electrons. The molecule has 6 heteroatoms. The van der Waals surface area contributed by atoms with Crippen molar-refractivity contribution in [1.29, 1.82) is 0 Å². The zero-order valence-electron chi connectivity index (χ0n) is 14.5. The van der Waals surface area contributed by atoms with E-state index in [1.807, 2.05) is 24.3 Å². The number of carbonyl (C=O) groups excluding carboxylic acids is 1. The third kappa shape index (κ3) is 5.08. The van der Waals surface area contributed by atoms with E-state index < -0.39 is 0 Å². The van der Waals surface area contributed by atoms with Crippen LogP contribution in [0.3, 0.4) is 0 Å². The second-order valence-corrected chi connectivity index (χ2v) is 6.46. The number of carbonyl (C=O) groups is 1. The van der Waals surface area contributed by atoms with E-state index in [1.165, 1.54) is 5.56 Å². The average Bonchev–Trinajstić information content (AvgIpc) is 2.62. The van der Waals surface area contributed by atoms with Gasteiger partial charge in [0.05, 0.1) is 6.10 Å². The molecular weight excluding hydrogens is 316 g/mol. The number of amides is 1. The van der Waals surface area contributed by atoms with Crippen molar-refractivity contribution in [3.8, 4) is 0 Å². The van der Waals surface area contributed by atoms with Gasteiger partial charge in [-0.05, 0) is 49.9 Å². The standard InChI is InChI=1S/C19H24N4O2/c1-14-20-10-6-18(21-14)19(25)22-16-4-2-15(3-5-16)7-11-23-12-8-17(24)9-13-23/h2-6,10,17,24H,7-9,11-13H2,1H3,(H,22,25). The van der Waals surface area contributed by atoms with Gasteiger partial charge in [0.2, 0.25) is 0 Å². The molecule has 1 aromatic heterocycles. The fourth-order valence-electron chi connectivity index (χ4n) is 2.96. The highest BCUT2D eigenvalue weighted by molar-refractivity contribution is 6.02. The second kappa shape index (κ2) is 8.18. The van der Waals surface area contributed by atoms with Crippen molar-refractivity contribution in [1.82, 2.24) is 14.9 Å². The lowest BCUT2D eigenvalue weighted by molar-refractivity contribution is 0.0832. The van der Waals surface area contributed by atoms with E-state index in [0.29, 0.717) is 11.5 Å². The Morgan fingerprint density at radius 1 is 1.24 bits per heavy atom. The predicted octanol–water partition coefficient (Wildman–Crippen LogP) is 2.04. The number of hydrogen-bond donors (Lipinski definition) is 2. The molecule has 25 heavy (non-hydrogen) atoms. The zero-order chi connectivity index (χ0) is 17.6. The Labute approximate surface area is 147 Å². The van der Waals surface area contributed by atoms with E-state index in [4.69, 9.17) is 0 Å². The summed E-state index contributed by atoms with van der Waals surface area (Å²) in [4.78, 5) is 22.7. The molecule has 2 heterocycles. The monoisotopic (exact) mass is 340 g/mol. The number of hydrogen-bond acceptors (Lipinski definition) is 5. The summed E-state index contributed by atoms with van der Waals surface area (Å²) in [7, 11) is 0. The van der Waals surface area contributed by atoms with Crippen LogP contribution in [0.1, 0.15) is 34.7 Å². The fraction of sp³-hybridized carbons (Fsp3) is 0.421. The summed E-state index contributed by atoms with van der Waals surface area (Å²) in [5, 5.41) is 12.4. The van der Waals surface area contributed by atoms with Crippen LogP contribution in [0, 0.1) is 6.92 Å². The highest BCUT2D eigenvalue weighted by Crippen LogP contribution is 2.14. The molecule has 0 aliphatic carbocycles. The molecule has 1 aliphatic rings. The molecule has 1 saturated heterocycles. The number of likely N-dealkylation sites (tertiary alicyclic amines) is 1. The van der Waals surface area contributed by atoms with Crippen molar-refractivity contribution in [2.24, 2.45) is 0 Å². The van der Waals surface area contributed by atoms with Gasteiger partial charge >= 0.3 is 0 Å². The first kappa shape index (κ1) is 17.5. The number of aromatic nitrogens is 2. The van der Waals surface area contributed by atoms with E-state index in [0.717, 1.165) is 44.6 Å². The van der Waals surface area contributed by atoms with Gasteiger partial charge < -0.3 is 15.3 Å². The van der Waals surface area contributed by atoms with Crippen LogP contribution in [0.5, 0.6) is 0 Å². The van der Waals surface area contributed by atoms with E-state index in [9.17, 15) is 9.90 Å². The SMILES string of the molecule is Cc1nccc(C(=O)Nc2ccc(CCN3CCC(O)CC3)cc2)n1. The molecule has 1 aliphatic heterocycles. The van der Waals surface area contributed by atoms with E-state index >= 15 is 0 Å². The average molecular weight is 340 g/mol. The summed E-state index contributed by atoms with van der Waals surface area (Å²) in [5.41, 5.74) is 2.36. The summed E-state index contributed by atoms with van der Waals surface area (Å²) >= 11 is 0. The Morgan fingerprint density at radius 2 is 1.96 bits per heavy atom. The maximum atomic E-state index is 12.2. The van der Waals surface area contributed by atoms with Gasteiger partial charge in [-0.2, -0.15) is 0 Å². The van der Waals surface area contributed by atoms with Crippen LogP contribution < -0.4 is 5.32 Å². The Bertz CT molecular complexity index is 710. The topological polar surface area (TPSA) is 78.4 Å². The molecular formula is C19H24N4O2. The number of benzene rings is 1. The summed E-state index contributed by atoms with van der Waals surface area (Å²) in [6, 6.07) is 9.52. The van der Waals surface area contributed by atoms with Gasteiger partial charge in [-0.3, -0.25) is 4.79 Å². The first-order valence-corrected chi connectivity index (χ1v) is 8.70. The fourth-order valence-corrected chi connectivity index (χ4v) is 2.96. The summed E-state index contributed by atoms with van der Waals surface area (Å²) < 4.78 is 0. The highest BCUT2D eigenvalue weighted by atomic mass is 16.3. The molecule has 0 saturated carbocycles. The third-order valence-electron chi connectivity index (χ3n) is 4.49. The molecule has 0 bridgehead atoms. The minimum Gasteiger partial charge on any atom is -0.393 e. The van der Waals surface area contributed by atoms with Gasteiger partial charge in [-0.25, -0.2) is 9.97 Å². The van der Waals surface area contributed by atoms with Gasteiger partial charge in [0.1, 0.15) is 11.5 Å².